The van der Waals surface area contributed by atoms with Crippen molar-refractivity contribution < 1.29 is 4.79 Å². The average Bonchev–Trinajstić information content (AvgIpc) is 2.29. The van der Waals surface area contributed by atoms with E-state index in [0.717, 1.165) is 16.1 Å². The van der Waals surface area contributed by atoms with Gasteiger partial charge < -0.3 is 0 Å². The van der Waals surface area contributed by atoms with Gasteiger partial charge in [0.2, 0.25) is 0 Å². The molecule has 0 unspecified atom stereocenters. The minimum atomic E-state index is 0.611. The number of hydrogen-bond acceptors (Lipinski definition) is 2. The van der Waals surface area contributed by atoms with Crippen LogP contribution in [0.5, 0.6) is 0 Å². The molecule has 0 bridgehead atoms. The van der Waals surface area contributed by atoms with Crippen LogP contribution in [0.4, 0.5) is 0 Å². The van der Waals surface area contributed by atoms with Gasteiger partial charge >= 0.3 is 0 Å². The Balaban J connectivity index is 2.35. The van der Waals surface area contributed by atoms with Crippen molar-refractivity contribution in [1.82, 2.24) is 0 Å². The Morgan fingerprint density at radius 1 is 1.00 bits per heavy atom. The molecule has 2 aromatic carbocycles. The van der Waals surface area contributed by atoms with E-state index in [-0.39, 0.29) is 0 Å². The standard InChI is InChI=1S/C13H8Cl2OS/c14-10-2-1-3-12(6-10)17-13-7-11(15)5-4-9(13)8-16/h1-8H. The van der Waals surface area contributed by atoms with E-state index >= 15 is 0 Å². The molecular formula is C13H8Cl2OS. The molecule has 4 heteroatoms. The lowest BCUT2D eigenvalue weighted by Gasteiger charge is -2.05. The van der Waals surface area contributed by atoms with Crippen LogP contribution in [0.2, 0.25) is 10.0 Å². The lowest BCUT2D eigenvalue weighted by atomic mass is 10.2. The molecule has 0 amide bonds. The first-order valence-electron chi connectivity index (χ1n) is 4.87. The Kier molecular flexibility index (Phi) is 4.11. The van der Waals surface area contributed by atoms with Crippen LogP contribution in [0.3, 0.4) is 0 Å². The van der Waals surface area contributed by atoms with Crippen molar-refractivity contribution in [3.8, 4) is 0 Å². The maximum Gasteiger partial charge on any atom is 0.151 e. The summed E-state index contributed by atoms with van der Waals surface area (Å²) >= 11 is 13.3. The maximum atomic E-state index is 10.9. The molecule has 1 nitrogen and oxygen atoms in total. The fourth-order valence-electron chi connectivity index (χ4n) is 1.35. The second kappa shape index (κ2) is 5.58. The molecule has 0 radical (unpaired) electrons. The zero-order valence-electron chi connectivity index (χ0n) is 8.69. The van der Waals surface area contributed by atoms with Gasteiger partial charge in [0.1, 0.15) is 0 Å². The molecule has 2 aromatic rings. The third kappa shape index (κ3) is 3.25. The molecule has 0 spiro atoms. The Hall–Kier alpha value is -0.960. The van der Waals surface area contributed by atoms with Crippen molar-refractivity contribution in [2.45, 2.75) is 9.79 Å². The van der Waals surface area contributed by atoms with Crippen molar-refractivity contribution in [2.75, 3.05) is 0 Å². The van der Waals surface area contributed by atoms with Gasteiger partial charge in [-0.15, -0.1) is 0 Å². The normalized spacial score (nSPS) is 10.2. The quantitative estimate of drug-likeness (QED) is 0.741. The highest BCUT2D eigenvalue weighted by atomic mass is 35.5. The van der Waals surface area contributed by atoms with E-state index in [1.807, 2.05) is 24.3 Å². The van der Waals surface area contributed by atoms with Gasteiger partial charge in [-0.05, 0) is 36.4 Å². The van der Waals surface area contributed by atoms with Gasteiger partial charge in [-0.3, -0.25) is 4.79 Å². The van der Waals surface area contributed by atoms with E-state index in [1.165, 1.54) is 11.8 Å². The van der Waals surface area contributed by atoms with E-state index in [2.05, 4.69) is 0 Å². The smallest absolute Gasteiger partial charge is 0.151 e. The number of hydrogen-bond donors (Lipinski definition) is 0. The maximum absolute atomic E-state index is 10.9. The van der Waals surface area contributed by atoms with E-state index in [0.29, 0.717) is 15.6 Å². The van der Waals surface area contributed by atoms with Gasteiger partial charge in [0.25, 0.3) is 0 Å². The molecule has 0 aliphatic rings. The minimum absolute atomic E-state index is 0.611. The fourth-order valence-corrected chi connectivity index (χ4v) is 2.85. The molecule has 0 N–H and O–H groups in total. The summed E-state index contributed by atoms with van der Waals surface area (Å²) in [7, 11) is 0. The topological polar surface area (TPSA) is 17.1 Å². The van der Waals surface area contributed by atoms with Crippen LogP contribution in [-0.2, 0) is 0 Å². The summed E-state index contributed by atoms with van der Waals surface area (Å²) in [6, 6.07) is 12.7. The summed E-state index contributed by atoms with van der Waals surface area (Å²) in [5.41, 5.74) is 0.624. The van der Waals surface area contributed by atoms with Crippen LogP contribution in [-0.4, -0.2) is 6.29 Å². The van der Waals surface area contributed by atoms with Crippen molar-refractivity contribution in [2.24, 2.45) is 0 Å². The van der Waals surface area contributed by atoms with Crippen LogP contribution in [0.1, 0.15) is 10.4 Å². The monoisotopic (exact) mass is 282 g/mol. The van der Waals surface area contributed by atoms with Crippen molar-refractivity contribution in [3.05, 3.63) is 58.1 Å². The van der Waals surface area contributed by atoms with Crippen molar-refractivity contribution in [3.63, 3.8) is 0 Å². The van der Waals surface area contributed by atoms with Crippen LogP contribution >= 0.6 is 35.0 Å². The number of rotatable bonds is 3. The second-order valence-corrected chi connectivity index (χ2v) is 5.35. The zero-order valence-corrected chi connectivity index (χ0v) is 11.0. The van der Waals surface area contributed by atoms with Crippen molar-refractivity contribution in [1.29, 1.82) is 0 Å². The first-order valence-corrected chi connectivity index (χ1v) is 6.44. The first-order chi connectivity index (χ1) is 8.19. The minimum Gasteiger partial charge on any atom is -0.298 e. The highest BCUT2D eigenvalue weighted by Gasteiger charge is 2.05. The second-order valence-electron chi connectivity index (χ2n) is 3.36. The Labute approximate surface area is 114 Å². The number of carbonyl (C=O) groups is 1. The lowest BCUT2D eigenvalue weighted by molar-refractivity contribution is 0.112. The SMILES string of the molecule is O=Cc1ccc(Cl)cc1Sc1cccc(Cl)c1. The molecule has 0 heterocycles. The molecule has 0 atom stereocenters. The molecule has 86 valence electrons. The highest BCUT2D eigenvalue weighted by Crippen LogP contribution is 2.32. The highest BCUT2D eigenvalue weighted by molar-refractivity contribution is 7.99. The average molecular weight is 283 g/mol. The van der Waals surface area contributed by atoms with E-state index < -0.39 is 0 Å². The molecule has 17 heavy (non-hydrogen) atoms. The molecular weight excluding hydrogens is 275 g/mol. The molecule has 0 aromatic heterocycles. The summed E-state index contributed by atoms with van der Waals surface area (Å²) in [6.45, 7) is 0. The van der Waals surface area contributed by atoms with Crippen LogP contribution in [0, 0.1) is 0 Å². The van der Waals surface area contributed by atoms with Crippen LogP contribution in [0.15, 0.2) is 52.3 Å². The molecule has 0 aliphatic heterocycles. The molecule has 0 saturated heterocycles. The number of aldehydes is 1. The van der Waals surface area contributed by atoms with Gasteiger partial charge in [-0.1, -0.05) is 41.0 Å². The van der Waals surface area contributed by atoms with Gasteiger partial charge in [0.15, 0.2) is 6.29 Å². The zero-order chi connectivity index (χ0) is 12.3. The summed E-state index contributed by atoms with van der Waals surface area (Å²) < 4.78 is 0. The largest absolute Gasteiger partial charge is 0.298 e. The van der Waals surface area contributed by atoms with Gasteiger partial charge in [0.05, 0.1) is 0 Å². The van der Waals surface area contributed by atoms with Crippen molar-refractivity contribution >= 4 is 41.2 Å². The number of halogens is 2. The summed E-state index contributed by atoms with van der Waals surface area (Å²) in [5, 5.41) is 1.28. The molecule has 0 aliphatic carbocycles. The summed E-state index contributed by atoms with van der Waals surface area (Å²) in [5.74, 6) is 0. The molecule has 2 rings (SSSR count). The van der Waals surface area contributed by atoms with E-state index in [9.17, 15) is 4.79 Å². The Morgan fingerprint density at radius 2 is 1.76 bits per heavy atom. The summed E-state index contributed by atoms with van der Waals surface area (Å²) in [6.07, 6.45) is 0.823. The predicted octanol–water partition coefficient (Wildman–Crippen LogP) is 4.96. The Morgan fingerprint density at radius 3 is 2.47 bits per heavy atom. The van der Waals surface area contributed by atoms with Crippen LogP contribution in [0.25, 0.3) is 0 Å². The molecule has 0 fully saturated rings. The third-order valence-electron chi connectivity index (χ3n) is 2.13. The van der Waals surface area contributed by atoms with E-state index in [1.54, 1.807) is 18.2 Å². The Bertz CT molecular complexity index is 555. The summed E-state index contributed by atoms with van der Waals surface area (Å²) in [4.78, 5) is 12.7. The predicted molar refractivity (Wildman–Crippen MR) is 72.4 cm³/mol. The first kappa shape index (κ1) is 12.5. The van der Waals surface area contributed by atoms with Crippen LogP contribution < -0.4 is 0 Å². The van der Waals surface area contributed by atoms with E-state index in [4.69, 9.17) is 23.2 Å². The fraction of sp³-hybridized carbons (Fsp3) is 0. The number of benzene rings is 2. The van der Waals surface area contributed by atoms with Gasteiger partial charge in [-0.2, -0.15) is 0 Å². The lowest BCUT2D eigenvalue weighted by Crippen LogP contribution is -1.84. The number of carbonyl (C=O) groups excluding carboxylic acids is 1. The van der Waals surface area contributed by atoms with Gasteiger partial charge in [-0.25, -0.2) is 0 Å². The molecule has 0 saturated carbocycles. The third-order valence-corrected chi connectivity index (χ3v) is 3.66. The van der Waals surface area contributed by atoms with Gasteiger partial charge in [0, 0.05) is 25.4 Å².